The fraction of sp³-hybridized carbons (Fsp3) is 0.375. The Morgan fingerprint density at radius 3 is 2.39 bits per heavy atom. The van der Waals surface area contributed by atoms with Crippen molar-refractivity contribution in [2.75, 3.05) is 12.0 Å². The number of non-ortho nitro benzene ring substituents is 1. The van der Waals surface area contributed by atoms with Gasteiger partial charge in [-0.2, -0.15) is 0 Å². The zero-order chi connectivity index (χ0) is 22.2. The monoisotopic (exact) mass is 439 g/mol. The van der Waals surface area contributed by atoms with E-state index in [1.165, 1.54) is 31.4 Å². The summed E-state index contributed by atoms with van der Waals surface area (Å²) in [5.74, 6) is 0.827. The molecule has 31 heavy (non-hydrogen) atoms. The molecular formula is C24H29N3O3S. The number of anilines is 2. The molecule has 0 N–H and O–H groups in total. The SMILES string of the molecule is CCCCCC(CC)N(c1ccc(OC)cc1)c1nc(-c2ccc([N+](=O)[O-])cc2)cs1. The average molecular weight is 440 g/mol. The van der Waals surface area contributed by atoms with Crippen LogP contribution in [0.3, 0.4) is 0 Å². The first kappa shape index (κ1) is 22.7. The van der Waals surface area contributed by atoms with Crippen LogP contribution in [-0.4, -0.2) is 23.1 Å². The smallest absolute Gasteiger partial charge is 0.269 e. The van der Waals surface area contributed by atoms with Crippen LogP contribution in [0.5, 0.6) is 5.75 Å². The minimum absolute atomic E-state index is 0.0843. The lowest BCUT2D eigenvalue weighted by Gasteiger charge is -2.31. The summed E-state index contributed by atoms with van der Waals surface area (Å²) in [6.07, 6.45) is 5.71. The van der Waals surface area contributed by atoms with Crippen LogP contribution in [-0.2, 0) is 0 Å². The third kappa shape index (κ3) is 5.61. The molecule has 0 radical (unpaired) electrons. The van der Waals surface area contributed by atoms with E-state index in [1.807, 2.05) is 17.5 Å². The summed E-state index contributed by atoms with van der Waals surface area (Å²) in [4.78, 5) is 17.8. The van der Waals surface area contributed by atoms with E-state index >= 15 is 0 Å². The van der Waals surface area contributed by atoms with E-state index in [1.54, 1.807) is 30.6 Å². The molecule has 2 aromatic carbocycles. The maximum atomic E-state index is 10.9. The Morgan fingerprint density at radius 2 is 1.81 bits per heavy atom. The minimum Gasteiger partial charge on any atom is -0.497 e. The van der Waals surface area contributed by atoms with Gasteiger partial charge in [-0.3, -0.25) is 10.1 Å². The van der Waals surface area contributed by atoms with Crippen LogP contribution < -0.4 is 9.64 Å². The summed E-state index contributed by atoms with van der Waals surface area (Å²) in [6.45, 7) is 4.44. The second-order valence-corrected chi connectivity index (χ2v) is 8.28. The number of hydrogen-bond donors (Lipinski definition) is 0. The highest BCUT2D eigenvalue weighted by Crippen LogP contribution is 2.36. The van der Waals surface area contributed by atoms with Crippen molar-refractivity contribution in [1.29, 1.82) is 0 Å². The third-order valence-corrected chi connectivity index (χ3v) is 6.24. The average Bonchev–Trinajstić information content (AvgIpc) is 3.28. The molecule has 0 amide bonds. The third-order valence-electron chi connectivity index (χ3n) is 5.40. The van der Waals surface area contributed by atoms with E-state index in [9.17, 15) is 10.1 Å². The Kier molecular flexibility index (Phi) is 8.00. The van der Waals surface area contributed by atoms with Gasteiger partial charge in [0.15, 0.2) is 5.13 Å². The van der Waals surface area contributed by atoms with Gasteiger partial charge in [-0.25, -0.2) is 4.98 Å². The molecule has 7 heteroatoms. The van der Waals surface area contributed by atoms with Gasteiger partial charge < -0.3 is 9.64 Å². The van der Waals surface area contributed by atoms with Crippen molar-refractivity contribution in [3.63, 3.8) is 0 Å². The van der Waals surface area contributed by atoms with Crippen LogP contribution in [0.15, 0.2) is 53.9 Å². The number of aromatic nitrogens is 1. The number of thiazole rings is 1. The molecule has 6 nitrogen and oxygen atoms in total. The molecule has 164 valence electrons. The van der Waals surface area contributed by atoms with Gasteiger partial charge in [0.2, 0.25) is 0 Å². The van der Waals surface area contributed by atoms with E-state index in [0.717, 1.165) is 40.7 Å². The van der Waals surface area contributed by atoms with Crippen LogP contribution in [0.1, 0.15) is 46.0 Å². The predicted molar refractivity (Wildman–Crippen MR) is 128 cm³/mol. The molecule has 1 unspecified atom stereocenters. The number of benzene rings is 2. The number of rotatable bonds is 11. The number of nitro benzene ring substituents is 1. The van der Waals surface area contributed by atoms with Gasteiger partial charge in [-0.15, -0.1) is 11.3 Å². The summed E-state index contributed by atoms with van der Waals surface area (Å²) in [7, 11) is 1.67. The lowest BCUT2D eigenvalue weighted by atomic mass is 10.0. The van der Waals surface area contributed by atoms with Crippen molar-refractivity contribution < 1.29 is 9.66 Å². The van der Waals surface area contributed by atoms with E-state index in [0.29, 0.717) is 6.04 Å². The molecular weight excluding hydrogens is 410 g/mol. The Hall–Kier alpha value is -2.93. The molecule has 0 saturated carbocycles. The first-order chi connectivity index (χ1) is 15.1. The topological polar surface area (TPSA) is 68.5 Å². The number of nitrogens with zero attached hydrogens (tertiary/aromatic N) is 3. The zero-order valence-corrected chi connectivity index (χ0v) is 19.1. The fourth-order valence-electron chi connectivity index (χ4n) is 3.63. The number of ether oxygens (including phenoxy) is 1. The molecule has 0 aliphatic rings. The van der Waals surface area contributed by atoms with Gasteiger partial charge in [-0.05, 0) is 49.2 Å². The molecule has 0 aliphatic carbocycles. The molecule has 0 aliphatic heterocycles. The predicted octanol–water partition coefficient (Wildman–Crippen LogP) is 7.22. The summed E-state index contributed by atoms with van der Waals surface area (Å²) >= 11 is 1.60. The lowest BCUT2D eigenvalue weighted by molar-refractivity contribution is -0.384. The van der Waals surface area contributed by atoms with Gasteiger partial charge in [0.05, 0.1) is 17.7 Å². The van der Waals surface area contributed by atoms with Crippen molar-refractivity contribution >= 4 is 27.8 Å². The van der Waals surface area contributed by atoms with Crippen LogP contribution in [0.25, 0.3) is 11.3 Å². The molecule has 1 aromatic heterocycles. The Morgan fingerprint density at radius 1 is 1.10 bits per heavy atom. The normalized spacial score (nSPS) is 11.8. The lowest BCUT2D eigenvalue weighted by Crippen LogP contribution is -2.30. The van der Waals surface area contributed by atoms with Crippen molar-refractivity contribution in [2.45, 2.75) is 52.0 Å². The molecule has 1 atom stereocenters. The summed E-state index contributed by atoms with van der Waals surface area (Å²) in [5, 5.41) is 13.9. The molecule has 0 saturated heterocycles. The van der Waals surface area contributed by atoms with Crippen LogP contribution in [0, 0.1) is 10.1 Å². The fourth-order valence-corrected chi connectivity index (χ4v) is 4.55. The Bertz CT molecular complexity index is 970. The van der Waals surface area contributed by atoms with E-state index < -0.39 is 0 Å². The minimum atomic E-state index is -0.385. The molecule has 3 rings (SSSR count). The van der Waals surface area contributed by atoms with E-state index in [-0.39, 0.29) is 10.6 Å². The van der Waals surface area contributed by atoms with Crippen LogP contribution >= 0.6 is 11.3 Å². The van der Waals surface area contributed by atoms with E-state index in [2.05, 4.69) is 30.9 Å². The zero-order valence-electron chi connectivity index (χ0n) is 18.3. The number of hydrogen-bond acceptors (Lipinski definition) is 6. The largest absolute Gasteiger partial charge is 0.497 e. The maximum absolute atomic E-state index is 10.9. The van der Waals surface area contributed by atoms with Gasteiger partial charge in [0.1, 0.15) is 5.75 Å². The second-order valence-electron chi connectivity index (χ2n) is 7.45. The highest BCUT2D eigenvalue weighted by atomic mass is 32.1. The summed E-state index contributed by atoms with van der Waals surface area (Å²) in [6, 6.07) is 15.0. The van der Waals surface area contributed by atoms with Crippen molar-refractivity contribution in [2.24, 2.45) is 0 Å². The maximum Gasteiger partial charge on any atom is 0.269 e. The van der Waals surface area contributed by atoms with Gasteiger partial charge in [-0.1, -0.05) is 33.1 Å². The molecule has 0 spiro atoms. The van der Waals surface area contributed by atoms with Gasteiger partial charge in [0.25, 0.3) is 5.69 Å². The summed E-state index contributed by atoms with van der Waals surface area (Å²) < 4.78 is 5.33. The molecule has 1 heterocycles. The molecule has 3 aromatic rings. The van der Waals surface area contributed by atoms with Gasteiger partial charge in [0, 0.05) is 34.8 Å². The van der Waals surface area contributed by atoms with Gasteiger partial charge >= 0.3 is 0 Å². The van der Waals surface area contributed by atoms with E-state index in [4.69, 9.17) is 9.72 Å². The highest BCUT2D eigenvalue weighted by molar-refractivity contribution is 7.14. The quantitative estimate of drug-likeness (QED) is 0.179. The molecule has 0 bridgehead atoms. The number of nitro groups is 1. The van der Waals surface area contributed by atoms with Crippen molar-refractivity contribution in [1.82, 2.24) is 4.98 Å². The number of methoxy groups -OCH3 is 1. The van der Waals surface area contributed by atoms with Crippen LogP contribution in [0.2, 0.25) is 0 Å². The first-order valence-corrected chi connectivity index (χ1v) is 11.6. The highest BCUT2D eigenvalue weighted by Gasteiger charge is 2.22. The standard InChI is InChI=1S/C24H29N3O3S/c1-4-6-7-8-19(5-2)26(20-13-15-22(30-3)16-14-20)24-25-23(17-31-24)18-9-11-21(12-10-18)27(28)29/h9-17,19H,4-8H2,1-3H3. The summed E-state index contributed by atoms with van der Waals surface area (Å²) in [5.41, 5.74) is 2.88. The Labute approximate surface area is 187 Å². The second kappa shape index (κ2) is 10.9. The Balaban J connectivity index is 1.93. The van der Waals surface area contributed by atoms with Crippen LogP contribution in [0.4, 0.5) is 16.5 Å². The van der Waals surface area contributed by atoms with Crippen molar-refractivity contribution in [3.05, 3.63) is 64.0 Å². The first-order valence-electron chi connectivity index (χ1n) is 10.7. The number of unbranched alkanes of at least 4 members (excludes halogenated alkanes) is 2. The van der Waals surface area contributed by atoms with Crippen molar-refractivity contribution in [3.8, 4) is 17.0 Å². The molecule has 0 fully saturated rings.